The zero-order valence-corrected chi connectivity index (χ0v) is 11.3. The van der Waals surface area contributed by atoms with Gasteiger partial charge in [-0.05, 0) is 30.7 Å². The Bertz CT molecular complexity index is 535. The van der Waals surface area contributed by atoms with E-state index in [1.807, 2.05) is 0 Å². The van der Waals surface area contributed by atoms with Crippen LogP contribution >= 0.6 is 0 Å². The lowest BCUT2D eigenvalue weighted by Crippen LogP contribution is -2.36. The predicted octanol–water partition coefficient (Wildman–Crippen LogP) is 2.68. The van der Waals surface area contributed by atoms with Crippen molar-refractivity contribution in [1.29, 1.82) is 0 Å². The van der Waals surface area contributed by atoms with Gasteiger partial charge in [-0.15, -0.1) is 0 Å². The summed E-state index contributed by atoms with van der Waals surface area (Å²) in [5, 5.41) is 22.8. The number of carbonyl (C=O) groups is 1. The molecule has 0 spiro atoms. The number of hydrogen-bond donors (Lipinski definition) is 2. The Morgan fingerprint density at radius 1 is 1.55 bits per heavy atom. The molecule has 2 N–H and O–H groups in total. The van der Waals surface area contributed by atoms with Gasteiger partial charge in [-0.3, -0.25) is 10.1 Å². The van der Waals surface area contributed by atoms with Crippen LogP contribution in [0.2, 0.25) is 0 Å². The number of anilines is 1. The number of nitro groups is 1. The maximum absolute atomic E-state index is 11.0. The van der Waals surface area contributed by atoms with Crippen molar-refractivity contribution in [2.75, 3.05) is 11.9 Å². The third-order valence-corrected chi connectivity index (χ3v) is 4.08. The summed E-state index contributed by atoms with van der Waals surface area (Å²) in [7, 11) is 0. The van der Waals surface area contributed by atoms with E-state index in [1.165, 1.54) is 12.5 Å². The molecule has 1 aromatic heterocycles. The van der Waals surface area contributed by atoms with Crippen LogP contribution in [0.3, 0.4) is 0 Å². The van der Waals surface area contributed by atoms with E-state index in [4.69, 9.17) is 5.11 Å². The topological polar surface area (TPSA) is 105 Å². The molecule has 1 heterocycles. The van der Waals surface area contributed by atoms with Crippen LogP contribution in [-0.2, 0) is 0 Å². The van der Waals surface area contributed by atoms with Gasteiger partial charge in [0.1, 0.15) is 0 Å². The first-order valence-corrected chi connectivity index (χ1v) is 6.60. The van der Waals surface area contributed by atoms with Gasteiger partial charge in [-0.1, -0.05) is 13.3 Å². The summed E-state index contributed by atoms with van der Waals surface area (Å²) < 4.78 is 0. The molecule has 7 nitrogen and oxygen atoms in total. The van der Waals surface area contributed by atoms with Crippen LogP contribution < -0.4 is 5.32 Å². The lowest BCUT2D eigenvalue weighted by atomic mass is 9.67. The van der Waals surface area contributed by atoms with Crippen LogP contribution in [0.4, 0.5) is 11.5 Å². The number of carboxylic acid groups (broad SMARTS) is 1. The molecule has 0 atom stereocenters. The fourth-order valence-electron chi connectivity index (χ4n) is 2.45. The molecule has 1 fully saturated rings. The number of pyridine rings is 1. The normalized spacial score (nSPS) is 16.2. The molecule has 2 rings (SSSR count). The number of aromatic nitrogens is 1. The number of nitrogens with one attached hydrogen (secondary N) is 1. The first-order chi connectivity index (χ1) is 9.47. The van der Waals surface area contributed by atoms with Crippen molar-refractivity contribution in [3.63, 3.8) is 0 Å². The average Bonchev–Trinajstić information content (AvgIpc) is 2.37. The van der Waals surface area contributed by atoms with Crippen molar-refractivity contribution in [3.8, 4) is 0 Å². The molecule has 20 heavy (non-hydrogen) atoms. The highest BCUT2D eigenvalue weighted by Crippen LogP contribution is 2.43. The lowest BCUT2D eigenvalue weighted by Gasteiger charge is -2.41. The van der Waals surface area contributed by atoms with E-state index in [9.17, 15) is 14.9 Å². The highest BCUT2D eigenvalue weighted by atomic mass is 16.6. The molecule has 0 unspecified atom stereocenters. The third kappa shape index (κ3) is 2.71. The summed E-state index contributed by atoms with van der Waals surface area (Å²) in [5.41, 5.74) is -0.229. The van der Waals surface area contributed by atoms with Gasteiger partial charge >= 0.3 is 11.7 Å². The van der Waals surface area contributed by atoms with Crippen LogP contribution in [0.5, 0.6) is 0 Å². The third-order valence-electron chi connectivity index (χ3n) is 4.08. The van der Waals surface area contributed by atoms with E-state index < -0.39 is 10.9 Å². The van der Waals surface area contributed by atoms with Crippen molar-refractivity contribution >= 4 is 17.5 Å². The predicted molar refractivity (Wildman–Crippen MR) is 72.9 cm³/mol. The number of aromatic carboxylic acids is 1. The summed E-state index contributed by atoms with van der Waals surface area (Å²) in [6, 6.07) is 2.32. The number of rotatable bonds is 6. The standard InChI is InChI=1S/C13H17N3O4/c1-2-13(6-3-7-13)8-14-11-10(16(19)20)5-4-9(15-11)12(17)18/h4-5H,2-3,6-8H2,1H3,(H,14,15)(H,17,18). The van der Waals surface area contributed by atoms with Crippen molar-refractivity contribution in [3.05, 3.63) is 27.9 Å². The van der Waals surface area contributed by atoms with Crippen molar-refractivity contribution in [2.45, 2.75) is 32.6 Å². The molecule has 0 aliphatic heterocycles. The van der Waals surface area contributed by atoms with E-state index in [1.54, 1.807) is 0 Å². The molecule has 0 radical (unpaired) electrons. The zero-order valence-electron chi connectivity index (χ0n) is 11.3. The fourth-order valence-corrected chi connectivity index (χ4v) is 2.45. The van der Waals surface area contributed by atoms with Crippen LogP contribution in [0, 0.1) is 15.5 Å². The highest BCUT2D eigenvalue weighted by molar-refractivity contribution is 5.86. The van der Waals surface area contributed by atoms with E-state index in [0.29, 0.717) is 6.54 Å². The molecule has 108 valence electrons. The minimum Gasteiger partial charge on any atom is -0.477 e. The molecule has 0 bridgehead atoms. The Morgan fingerprint density at radius 2 is 2.25 bits per heavy atom. The molecule has 0 saturated heterocycles. The summed E-state index contributed by atoms with van der Waals surface area (Å²) >= 11 is 0. The van der Waals surface area contributed by atoms with Crippen molar-refractivity contribution in [2.24, 2.45) is 5.41 Å². The Labute approximate surface area is 116 Å². The van der Waals surface area contributed by atoms with Crippen molar-refractivity contribution < 1.29 is 14.8 Å². The second-order valence-corrected chi connectivity index (χ2v) is 5.19. The molecule has 1 aliphatic rings. The molecule has 0 aromatic carbocycles. The average molecular weight is 279 g/mol. The molecule has 1 aliphatic carbocycles. The van der Waals surface area contributed by atoms with Crippen LogP contribution in [-0.4, -0.2) is 27.5 Å². The van der Waals surface area contributed by atoms with E-state index >= 15 is 0 Å². The van der Waals surface area contributed by atoms with Gasteiger partial charge in [0, 0.05) is 12.6 Å². The molecular formula is C13H17N3O4. The maximum atomic E-state index is 11.0. The fraction of sp³-hybridized carbons (Fsp3) is 0.538. The van der Waals surface area contributed by atoms with Crippen LogP contribution in [0.25, 0.3) is 0 Å². The first-order valence-electron chi connectivity index (χ1n) is 6.60. The van der Waals surface area contributed by atoms with Gasteiger partial charge in [0.25, 0.3) is 0 Å². The highest BCUT2D eigenvalue weighted by Gasteiger charge is 2.35. The van der Waals surface area contributed by atoms with Crippen LogP contribution in [0.1, 0.15) is 43.1 Å². The van der Waals surface area contributed by atoms with Gasteiger partial charge in [-0.25, -0.2) is 9.78 Å². The maximum Gasteiger partial charge on any atom is 0.354 e. The molecule has 1 aromatic rings. The summed E-state index contributed by atoms with van der Waals surface area (Å²) in [5.74, 6) is -1.16. The Balaban J connectivity index is 2.21. The van der Waals surface area contributed by atoms with Crippen molar-refractivity contribution in [1.82, 2.24) is 4.98 Å². The van der Waals surface area contributed by atoms with E-state index in [2.05, 4.69) is 17.2 Å². The number of carboxylic acids is 1. The lowest BCUT2D eigenvalue weighted by molar-refractivity contribution is -0.384. The van der Waals surface area contributed by atoms with Gasteiger partial charge in [0.2, 0.25) is 5.82 Å². The number of hydrogen-bond acceptors (Lipinski definition) is 5. The molecule has 1 saturated carbocycles. The summed E-state index contributed by atoms with van der Waals surface area (Å²) in [6.45, 7) is 2.68. The smallest absolute Gasteiger partial charge is 0.354 e. The monoisotopic (exact) mass is 279 g/mol. The second kappa shape index (κ2) is 5.44. The molecular weight excluding hydrogens is 262 g/mol. The zero-order chi connectivity index (χ0) is 14.8. The number of nitrogens with zero attached hydrogens (tertiary/aromatic N) is 2. The van der Waals surface area contributed by atoms with Crippen LogP contribution in [0.15, 0.2) is 12.1 Å². The minimum absolute atomic E-state index is 0.0367. The molecule has 0 amide bonds. The van der Waals surface area contributed by atoms with Gasteiger partial charge < -0.3 is 10.4 Å². The summed E-state index contributed by atoms with van der Waals surface area (Å²) in [6.07, 6.45) is 4.33. The second-order valence-electron chi connectivity index (χ2n) is 5.19. The Kier molecular flexibility index (Phi) is 3.87. The largest absolute Gasteiger partial charge is 0.477 e. The minimum atomic E-state index is -1.20. The first kappa shape index (κ1) is 14.2. The Morgan fingerprint density at radius 3 is 2.70 bits per heavy atom. The van der Waals surface area contributed by atoms with Gasteiger partial charge in [-0.2, -0.15) is 0 Å². The quantitative estimate of drug-likeness (QED) is 0.612. The van der Waals surface area contributed by atoms with E-state index in [-0.39, 0.29) is 22.6 Å². The van der Waals surface area contributed by atoms with Gasteiger partial charge in [0.05, 0.1) is 4.92 Å². The summed E-state index contributed by atoms with van der Waals surface area (Å²) in [4.78, 5) is 25.1. The molecule has 7 heteroatoms. The van der Waals surface area contributed by atoms with Gasteiger partial charge in [0.15, 0.2) is 5.69 Å². The Hall–Kier alpha value is -2.18. The SMILES string of the molecule is CCC1(CNc2nc(C(=O)O)ccc2[N+](=O)[O-])CCC1. The van der Waals surface area contributed by atoms with E-state index in [0.717, 1.165) is 25.3 Å².